The zero-order valence-electron chi connectivity index (χ0n) is 10.3. The number of methoxy groups -OCH3 is 1. The van der Waals surface area contributed by atoms with Gasteiger partial charge in [0.1, 0.15) is 0 Å². The lowest BCUT2D eigenvalue weighted by atomic mass is 9.98. The number of hydrogen-bond acceptors (Lipinski definition) is 2. The molecule has 0 spiro atoms. The van der Waals surface area contributed by atoms with Crippen LogP contribution in [0.15, 0.2) is 18.2 Å². The second-order valence-electron chi connectivity index (χ2n) is 4.15. The van der Waals surface area contributed by atoms with Crippen LogP contribution in [0.1, 0.15) is 12.0 Å². The van der Waals surface area contributed by atoms with Crippen LogP contribution in [0.3, 0.4) is 0 Å². The fraction of sp³-hybridized carbons (Fsp3) is 0.308. The molecule has 0 unspecified atom stereocenters. The van der Waals surface area contributed by atoms with Gasteiger partial charge in [-0.1, -0.05) is 6.08 Å². The Balaban J connectivity index is 2.34. The van der Waals surface area contributed by atoms with E-state index < -0.39 is 17.7 Å². The van der Waals surface area contributed by atoms with Gasteiger partial charge in [0, 0.05) is 18.7 Å². The van der Waals surface area contributed by atoms with E-state index >= 15 is 0 Å². The smallest absolute Gasteiger partial charge is 0.407 e. The lowest BCUT2D eigenvalue weighted by molar-refractivity contribution is 0.150. The molecule has 1 aliphatic rings. The highest BCUT2D eigenvalue weighted by Gasteiger charge is 2.21. The number of benzene rings is 1. The molecule has 0 aromatic heterocycles. The summed E-state index contributed by atoms with van der Waals surface area (Å²) in [5.74, 6) is -2.14. The molecule has 1 amide bonds. The lowest BCUT2D eigenvalue weighted by Crippen LogP contribution is -2.33. The predicted molar refractivity (Wildman–Crippen MR) is 65.1 cm³/mol. The van der Waals surface area contributed by atoms with E-state index in [4.69, 9.17) is 9.84 Å². The quantitative estimate of drug-likeness (QED) is 0.898. The van der Waals surface area contributed by atoms with Gasteiger partial charge in [0.25, 0.3) is 0 Å². The Labute approximate surface area is 108 Å². The first-order valence-corrected chi connectivity index (χ1v) is 5.74. The summed E-state index contributed by atoms with van der Waals surface area (Å²) >= 11 is 0. The van der Waals surface area contributed by atoms with Gasteiger partial charge >= 0.3 is 6.09 Å². The van der Waals surface area contributed by atoms with Crippen LogP contribution in [0.5, 0.6) is 5.75 Å². The Bertz CT molecular complexity index is 543. The molecule has 0 saturated carbocycles. The summed E-state index contributed by atoms with van der Waals surface area (Å²) in [7, 11) is 1.27. The van der Waals surface area contributed by atoms with Crippen LogP contribution in [0.2, 0.25) is 0 Å². The van der Waals surface area contributed by atoms with E-state index in [2.05, 4.69) is 0 Å². The average molecular weight is 269 g/mol. The number of rotatable bonds is 2. The minimum atomic E-state index is -1.03. The Kier molecular flexibility index (Phi) is 3.69. The normalized spacial score (nSPS) is 15.1. The molecule has 1 aromatic carbocycles. The fourth-order valence-electron chi connectivity index (χ4n) is 2.07. The van der Waals surface area contributed by atoms with Crippen molar-refractivity contribution < 1.29 is 23.4 Å². The molecule has 4 nitrogen and oxygen atoms in total. The fourth-order valence-corrected chi connectivity index (χ4v) is 2.07. The van der Waals surface area contributed by atoms with E-state index in [0.29, 0.717) is 18.5 Å². The molecule has 0 fully saturated rings. The second kappa shape index (κ2) is 5.26. The highest BCUT2D eigenvalue weighted by Crippen LogP contribution is 2.33. The molecule has 1 aliphatic heterocycles. The Morgan fingerprint density at radius 1 is 1.42 bits per heavy atom. The molecule has 1 aromatic rings. The third-order valence-electron chi connectivity index (χ3n) is 3.08. The van der Waals surface area contributed by atoms with Gasteiger partial charge < -0.3 is 14.7 Å². The highest BCUT2D eigenvalue weighted by atomic mass is 19.2. The number of nitrogens with zero attached hydrogens (tertiary/aromatic N) is 1. The summed E-state index contributed by atoms with van der Waals surface area (Å²) in [4.78, 5) is 12.0. The summed E-state index contributed by atoms with van der Waals surface area (Å²) in [6, 6.07) is 2.48. The number of carboxylic acid groups (broad SMARTS) is 1. The summed E-state index contributed by atoms with van der Waals surface area (Å²) in [6.07, 6.45) is 1.13. The maximum atomic E-state index is 13.6. The maximum absolute atomic E-state index is 13.6. The monoisotopic (exact) mass is 269 g/mol. The van der Waals surface area contributed by atoms with Crippen LogP contribution >= 0.6 is 0 Å². The van der Waals surface area contributed by atoms with Gasteiger partial charge in [0.2, 0.25) is 5.82 Å². The highest BCUT2D eigenvalue weighted by molar-refractivity contribution is 5.74. The number of amides is 1. The van der Waals surface area contributed by atoms with Gasteiger partial charge in [-0.25, -0.2) is 9.18 Å². The lowest BCUT2D eigenvalue weighted by Gasteiger charge is -2.24. The van der Waals surface area contributed by atoms with Crippen molar-refractivity contribution in [2.75, 3.05) is 20.2 Å². The standard InChI is InChI=1S/C13H13F2NO3/c1-19-12-9(2-3-10(14)11(12)15)8-4-6-16(7-5-8)13(17)18/h2-4H,5-7H2,1H3,(H,17,18). The van der Waals surface area contributed by atoms with Crippen LogP contribution < -0.4 is 4.74 Å². The maximum Gasteiger partial charge on any atom is 0.407 e. The molecular formula is C13H13F2NO3. The van der Waals surface area contributed by atoms with Crippen LogP contribution in [0.4, 0.5) is 13.6 Å². The van der Waals surface area contributed by atoms with Crippen LogP contribution in [-0.4, -0.2) is 36.3 Å². The van der Waals surface area contributed by atoms with Crippen LogP contribution in [-0.2, 0) is 0 Å². The first-order chi connectivity index (χ1) is 9.04. The molecule has 0 bridgehead atoms. The number of ether oxygens (including phenoxy) is 1. The topological polar surface area (TPSA) is 49.8 Å². The first kappa shape index (κ1) is 13.3. The molecule has 102 valence electrons. The van der Waals surface area contributed by atoms with E-state index in [-0.39, 0.29) is 12.3 Å². The van der Waals surface area contributed by atoms with Gasteiger partial charge in [-0.2, -0.15) is 4.39 Å². The Morgan fingerprint density at radius 3 is 2.68 bits per heavy atom. The molecule has 0 radical (unpaired) electrons. The van der Waals surface area contributed by atoms with Crippen molar-refractivity contribution in [1.29, 1.82) is 0 Å². The summed E-state index contributed by atoms with van der Waals surface area (Å²) in [5, 5.41) is 8.84. The number of carbonyl (C=O) groups is 1. The third kappa shape index (κ3) is 2.52. The SMILES string of the molecule is COc1c(C2=CCN(C(=O)O)CC2)ccc(F)c1F. The third-order valence-corrected chi connectivity index (χ3v) is 3.08. The van der Waals surface area contributed by atoms with E-state index in [1.165, 1.54) is 18.1 Å². The van der Waals surface area contributed by atoms with Crippen molar-refractivity contribution in [2.45, 2.75) is 6.42 Å². The van der Waals surface area contributed by atoms with Crippen molar-refractivity contribution in [2.24, 2.45) is 0 Å². The van der Waals surface area contributed by atoms with Gasteiger partial charge in [0.05, 0.1) is 7.11 Å². The van der Waals surface area contributed by atoms with Crippen LogP contribution in [0, 0.1) is 11.6 Å². The Hall–Kier alpha value is -2.11. The molecule has 1 heterocycles. The van der Waals surface area contributed by atoms with Crippen LogP contribution in [0.25, 0.3) is 5.57 Å². The summed E-state index contributed by atoms with van der Waals surface area (Å²) < 4.78 is 31.6. The minimum absolute atomic E-state index is 0.143. The molecule has 2 rings (SSSR count). The predicted octanol–water partition coefficient (Wildman–Crippen LogP) is 2.74. The first-order valence-electron chi connectivity index (χ1n) is 5.74. The second-order valence-corrected chi connectivity index (χ2v) is 4.15. The molecule has 19 heavy (non-hydrogen) atoms. The summed E-state index contributed by atoms with van der Waals surface area (Å²) in [6.45, 7) is 0.552. The van der Waals surface area contributed by atoms with E-state index in [0.717, 1.165) is 11.6 Å². The molecule has 0 aliphatic carbocycles. The van der Waals surface area contributed by atoms with Crippen molar-refractivity contribution >= 4 is 11.7 Å². The van der Waals surface area contributed by atoms with Gasteiger partial charge in [0.15, 0.2) is 11.6 Å². The van der Waals surface area contributed by atoms with Crippen molar-refractivity contribution in [3.63, 3.8) is 0 Å². The zero-order valence-corrected chi connectivity index (χ0v) is 10.3. The largest absolute Gasteiger partial charge is 0.493 e. The van der Waals surface area contributed by atoms with E-state index in [9.17, 15) is 13.6 Å². The van der Waals surface area contributed by atoms with Gasteiger partial charge in [-0.05, 0) is 24.1 Å². The number of hydrogen-bond donors (Lipinski definition) is 1. The molecular weight excluding hydrogens is 256 g/mol. The molecule has 6 heteroatoms. The molecule has 0 atom stereocenters. The van der Waals surface area contributed by atoms with Gasteiger partial charge in [-0.3, -0.25) is 0 Å². The van der Waals surface area contributed by atoms with Gasteiger partial charge in [-0.15, -0.1) is 0 Å². The Morgan fingerprint density at radius 2 is 2.16 bits per heavy atom. The average Bonchev–Trinajstić information content (AvgIpc) is 2.41. The minimum Gasteiger partial charge on any atom is -0.493 e. The number of halogens is 2. The summed E-state index contributed by atoms with van der Waals surface area (Å²) in [5.41, 5.74) is 1.22. The zero-order chi connectivity index (χ0) is 14.0. The van der Waals surface area contributed by atoms with E-state index in [1.807, 2.05) is 0 Å². The van der Waals surface area contributed by atoms with Crippen molar-refractivity contribution in [3.8, 4) is 5.75 Å². The van der Waals surface area contributed by atoms with Crippen molar-refractivity contribution in [1.82, 2.24) is 4.90 Å². The molecule has 0 saturated heterocycles. The molecule has 1 N–H and O–H groups in total. The van der Waals surface area contributed by atoms with Crippen molar-refractivity contribution in [3.05, 3.63) is 35.4 Å². The van der Waals surface area contributed by atoms with E-state index in [1.54, 1.807) is 6.08 Å².